The fourth-order valence-electron chi connectivity index (χ4n) is 6.69. The smallest absolute Gasteiger partial charge is 0.0636 e. The van der Waals surface area contributed by atoms with Crippen LogP contribution >= 0.6 is 0 Å². The maximum absolute atomic E-state index is 3.28. The number of rotatable bonds is 4. The molecule has 1 aliphatic rings. The fraction of sp³-hybridized carbons (Fsp3) is 0.0811. The molecule has 0 amide bonds. The molecule has 0 saturated heterocycles. The van der Waals surface area contributed by atoms with Gasteiger partial charge in [-0.1, -0.05) is 80.6 Å². The van der Waals surface area contributed by atoms with Crippen LogP contribution in [0.5, 0.6) is 0 Å². The molecule has 0 saturated carbocycles. The predicted molar refractivity (Wildman–Crippen MR) is 167 cm³/mol. The molecule has 0 bridgehead atoms. The molecule has 7 aromatic rings. The maximum Gasteiger partial charge on any atom is 0.0636 e. The summed E-state index contributed by atoms with van der Waals surface area (Å²) in [6, 6.07) is 44.1. The zero-order valence-electron chi connectivity index (χ0n) is 22.6. The molecule has 0 spiro atoms. The molecular formula is C37H29N3. The summed E-state index contributed by atoms with van der Waals surface area (Å²) in [5.74, 6) is 0. The van der Waals surface area contributed by atoms with E-state index in [1.807, 2.05) is 6.20 Å². The molecule has 0 aliphatic heterocycles. The third-order valence-corrected chi connectivity index (χ3v) is 8.59. The average Bonchev–Trinajstić information content (AvgIpc) is 3.69. The van der Waals surface area contributed by atoms with Crippen LogP contribution in [-0.4, -0.2) is 9.55 Å². The van der Waals surface area contributed by atoms with Gasteiger partial charge in [0.05, 0.1) is 16.7 Å². The van der Waals surface area contributed by atoms with Gasteiger partial charge < -0.3 is 14.5 Å². The SMILES string of the molecule is CC1(C)c2ccccc2-c2ccc(N(c3cc[nH]c3)c3ccc4c(c3)c3ccccc3n4-c3ccccc3)cc21. The molecule has 1 aliphatic carbocycles. The highest BCUT2D eigenvalue weighted by Gasteiger charge is 2.35. The van der Waals surface area contributed by atoms with Crippen molar-refractivity contribution in [3.63, 3.8) is 0 Å². The number of hydrogen-bond donors (Lipinski definition) is 1. The molecule has 0 atom stereocenters. The summed E-state index contributed by atoms with van der Waals surface area (Å²) in [7, 11) is 0. The van der Waals surface area contributed by atoms with Gasteiger partial charge >= 0.3 is 0 Å². The molecule has 2 aromatic heterocycles. The normalized spacial score (nSPS) is 13.4. The van der Waals surface area contributed by atoms with Gasteiger partial charge in [0.2, 0.25) is 0 Å². The summed E-state index contributed by atoms with van der Waals surface area (Å²) in [4.78, 5) is 5.64. The minimum atomic E-state index is -0.0567. The number of nitrogens with one attached hydrogen (secondary N) is 1. The van der Waals surface area contributed by atoms with E-state index in [-0.39, 0.29) is 5.41 Å². The van der Waals surface area contributed by atoms with Crippen LogP contribution in [0.3, 0.4) is 0 Å². The van der Waals surface area contributed by atoms with Gasteiger partial charge in [-0.05, 0) is 76.9 Å². The minimum Gasteiger partial charge on any atom is -0.366 e. The molecule has 0 fully saturated rings. The Morgan fingerprint density at radius 1 is 0.575 bits per heavy atom. The van der Waals surface area contributed by atoms with Crippen molar-refractivity contribution in [2.24, 2.45) is 0 Å². The first kappa shape index (κ1) is 22.9. The highest BCUT2D eigenvalue weighted by molar-refractivity contribution is 6.10. The number of aromatic amines is 1. The van der Waals surface area contributed by atoms with Gasteiger partial charge in [0.25, 0.3) is 0 Å². The zero-order chi connectivity index (χ0) is 26.8. The van der Waals surface area contributed by atoms with E-state index in [2.05, 4.69) is 156 Å². The molecule has 192 valence electrons. The summed E-state index contributed by atoms with van der Waals surface area (Å²) in [6.07, 6.45) is 4.07. The van der Waals surface area contributed by atoms with E-state index in [4.69, 9.17) is 0 Å². The second-order valence-electron chi connectivity index (χ2n) is 11.2. The van der Waals surface area contributed by atoms with Crippen LogP contribution < -0.4 is 4.90 Å². The number of para-hydroxylation sites is 2. The second-order valence-corrected chi connectivity index (χ2v) is 11.2. The van der Waals surface area contributed by atoms with Gasteiger partial charge in [0.15, 0.2) is 0 Å². The molecule has 3 nitrogen and oxygen atoms in total. The first-order chi connectivity index (χ1) is 19.6. The van der Waals surface area contributed by atoms with E-state index in [1.54, 1.807) is 0 Å². The van der Waals surface area contributed by atoms with E-state index >= 15 is 0 Å². The van der Waals surface area contributed by atoms with Crippen LogP contribution in [0.15, 0.2) is 134 Å². The highest BCUT2D eigenvalue weighted by Crippen LogP contribution is 2.50. The number of aromatic nitrogens is 2. The monoisotopic (exact) mass is 515 g/mol. The van der Waals surface area contributed by atoms with Crippen molar-refractivity contribution in [1.29, 1.82) is 0 Å². The molecule has 3 heteroatoms. The molecule has 40 heavy (non-hydrogen) atoms. The van der Waals surface area contributed by atoms with E-state index < -0.39 is 0 Å². The van der Waals surface area contributed by atoms with Crippen LogP contribution in [0.4, 0.5) is 17.1 Å². The van der Waals surface area contributed by atoms with E-state index in [9.17, 15) is 0 Å². The van der Waals surface area contributed by atoms with Crippen LogP contribution in [0.25, 0.3) is 38.6 Å². The minimum absolute atomic E-state index is 0.0567. The Bertz CT molecular complexity index is 2030. The van der Waals surface area contributed by atoms with Crippen molar-refractivity contribution in [3.8, 4) is 16.8 Å². The maximum atomic E-state index is 3.28. The van der Waals surface area contributed by atoms with E-state index in [0.717, 1.165) is 17.1 Å². The lowest BCUT2D eigenvalue weighted by atomic mass is 9.82. The van der Waals surface area contributed by atoms with Crippen molar-refractivity contribution >= 4 is 38.9 Å². The van der Waals surface area contributed by atoms with Crippen LogP contribution in [0, 0.1) is 0 Å². The number of H-pyrrole nitrogens is 1. The lowest BCUT2D eigenvalue weighted by Crippen LogP contribution is -2.16. The van der Waals surface area contributed by atoms with Gasteiger partial charge in [-0.2, -0.15) is 0 Å². The number of hydrogen-bond acceptors (Lipinski definition) is 1. The lowest BCUT2D eigenvalue weighted by molar-refractivity contribution is 0.660. The van der Waals surface area contributed by atoms with Gasteiger partial charge in [-0.3, -0.25) is 0 Å². The Hall–Kier alpha value is -5.02. The van der Waals surface area contributed by atoms with Crippen molar-refractivity contribution in [3.05, 3.63) is 145 Å². The number of nitrogens with zero attached hydrogens (tertiary/aromatic N) is 2. The number of fused-ring (bicyclic) bond motifs is 6. The quantitative estimate of drug-likeness (QED) is 0.248. The number of benzene rings is 5. The van der Waals surface area contributed by atoms with Gasteiger partial charge in [-0.15, -0.1) is 0 Å². The van der Waals surface area contributed by atoms with Gasteiger partial charge in [0, 0.05) is 45.6 Å². The van der Waals surface area contributed by atoms with Crippen LogP contribution in [0.1, 0.15) is 25.0 Å². The summed E-state index contributed by atoms with van der Waals surface area (Å²) in [5, 5.41) is 2.49. The second kappa shape index (κ2) is 8.49. The van der Waals surface area contributed by atoms with Crippen LogP contribution in [-0.2, 0) is 5.41 Å². The Kier molecular flexibility index (Phi) is 4.86. The lowest BCUT2D eigenvalue weighted by Gasteiger charge is -2.27. The first-order valence-corrected chi connectivity index (χ1v) is 13.9. The third-order valence-electron chi connectivity index (χ3n) is 8.59. The fourth-order valence-corrected chi connectivity index (χ4v) is 6.69. The molecule has 8 rings (SSSR count). The van der Waals surface area contributed by atoms with Crippen molar-refractivity contribution in [2.45, 2.75) is 19.3 Å². The Balaban J connectivity index is 1.34. The Labute approximate surface area is 234 Å². The molecule has 0 radical (unpaired) electrons. The molecule has 0 unspecified atom stereocenters. The zero-order valence-corrected chi connectivity index (χ0v) is 22.6. The topological polar surface area (TPSA) is 24.0 Å². The summed E-state index contributed by atoms with van der Waals surface area (Å²) in [5.41, 5.74) is 12.4. The third kappa shape index (κ3) is 3.24. The van der Waals surface area contributed by atoms with Gasteiger partial charge in [0.1, 0.15) is 0 Å². The van der Waals surface area contributed by atoms with E-state index in [0.29, 0.717) is 0 Å². The molecule has 5 aromatic carbocycles. The molecular weight excluding hydrogens is 486 g/mol. The highest BCUT2D eigenvalue weighted by atomic mass is 15.1. The summed E-state index contributed by atoms with van der Waals surface area (Å²) in [6.45, 7) is 4.68. The summed E-state index contributed by atoms with van der Waals surface area (Å²) < 4.78 is 2.37. The van der Waals surface area contributed by atoms with Crippen LogP contribution in [0.2, 0.25) is 0 Å². The predicted octanol–water partition coefficient (Wildman–Crippen LogP) is 9.89. The molecule has 1 N–H and O–H groups in total. The van der Waals surface area contributed by atoms with Crippen molar-refractivity contribution in [2.75, 3.05) is 4.90 Å². The standard InChI is InChI=1S/C37H29N3/c1-37(2)33-14-8-6-12-29(33)30-18-16-27(23-34(30)37)39(28-20-21-38-24-28)26-17-19-36-32(22-26)31-13-7-9-15-35(31)40(36)25-10-4-3-5-11-25/h3-24,38H,1-2H3. The average molecular weight is 516 g/mol. The largest absolute Gasteiger partial charge is 0.366 e. The number of anilines is 3. The van der Waals surface area contributed by atoms with Crippen molar-refractivity contribution < 1.29 is 0 Å². The Morgan fingerprint density at radius 2 is 1.27 bits per heavy atom. The van der Waals surface area contributed by atoms with Crippen molar-refractivity contribution in [1.82, 2.24) is 9.55 Å². The molecule has 2 heterocycles. The Morgan fingerprint density at radius 3 is 2.12 bits per heavy atom. The first-order valence-electron chi connectivity index (χ1n) is 13.9. The van der Waals surface area contributed by atoms with E-state index in [1.165, 1.54) is 49.7 Å². The van der Waals surface area contributed by atoms with Gasteiger partial charge in [-0.25, -0.2) is 0 Å². The summed E-state index contributed by atoms with van der Waals surface area (Å²) >= 11 is 0.